The molecule has 0 radical (unpaired) electrons. The molecular formula is C12H11Cl3N2. The molecule has 2 N–H and O–H groups in total. The first-order valence-corrected chi connectivity index (χ1v) is 6.31. The van der Waals surface area contributed by atoms with Gasteiger partial charge in [-0.25, -0.2) is 4.99 Å². The van der Waals surface area contributed by atoms with Crippen molar-refractivity contribution in [2.45, 2.75) is 12.3 Å². The van der Waals surface area contributed by atoms with Crippen molar-refractivity contribution in [1.29, 1.82) is 0 Å². The van der Waals surface area contributed by atoms with Gasteiger partial charge in [0.1, 0.15) is 5.17 Å². The quantitative estimate of drug-likeness (QED) is 0.879. The standard InChI is InChI=1S/C12H11Cl3N2/c13-8-1-2-9(11(14)3-8)10-4-12(15)17-6-7(10)5-16/h1-3,6,10H,4-5,16H2. The van der Waals surface area contributed by atoms with E-state index in [1.165, 1.54) is 0 Å². The average Bonchev–Trinajstić information content (AvgIpc) is 2.29. The van der Waals surface area contributed by atoms with Crippen LogP contribution in [0.4, 0.5) is 0 Å². The molecule has 2 rings (SSSR count). The average molecular weight is 290 g/mol. The number of benzene rings is 1. The summed E-state index contributed by atoms with van der Waals surface area (Å²) in [5.74, 6) is 0.0924. The minimum absolute atomic E-state index is 0.0924. The normalized spacial score (nSPS) is 19.9. The van der Waals surface area contributed by atoms with Crippen LogP contribution in [0.15, 0.2) is 35.0 Å². The van der Waals surface area contributed by atoms with Gasteiger partial charge in [-0.1, -0.05) is 40.9 Å². The van der Waals surface area contributed by atoms with Gasteiger partial charge in [-0.3, -0.25) is 0 Å². The molecule has 1 aliphatic rings. The van der Waals surface area contributed by atoms with Gasteiger partial charge < -0.3 is 5.73 Å². The van der Waals surface area contributed by atoms with Crippen LogP contribution in [0, 0.1) is 0 Å². The lowest BCUT2D eigenvalue weighted by atomic mass is 9.88. The lowest BCUT2D eigenvalue weighted by Gasteiger charge is -2.22. The maximum Gasteiger partial charge on any atom is 0.107 e. The Morgan fingerprint density at radius 3 is 2.71 bits per heavy atom. The smallest absolute Gasteiger partial charge is 0.107 e. The third-order valence-corrected chi connectivity index (χ3v) is 3.58. The van der Waals surface area contributed by atoms with E-state index in [2.05, 4.69) is 4.99 Å². The second-order valence-corrected chi connectivity index (χ2v) is 5.12. The molecule has 0 aromatic heterocycles. The minimum atomic E-state index is 0.0924. The third kappa shape index (κ3) is 2.83. The molecule has 1 aromatic carbocycles. The van der Waals surface area contributed by atoms with Crippen LogP contribution in [-0.4, -0.2) is 11.7 Å². The number of hydrogen-bond donors (Lipinski definition) is 1. The van der Waals surface area contributed by atoms with Crippen LogP contribution in [0.2, 0.25) is 10.0 Å². The number of nitrogens with zero attached hydrogens (tertiary/aromatic N) is 1. The Kier molecular flexibility index (Phi) is 4.10. The predicted molar refractivity (Wildman–Crippen MR) is 74.2 cm³/mol. The first-order chi connectivity index (χ1) is 8.11. The maximum absolute atomic E-state index is 6.20. The molecule has 2 nitrogen and oxygen atoms in total. The lowest BCUT2D eigenvalue weighted by molar-refractivity contribution is 0.793. The Bertz CT molecular complexity index is 495. The highest BCUT2D eigenvalue weighted by atomic mass is 35.5. The number of aliphatic imine (C=N–C) groups is 1. The topological polar surface area (TPSA) is 38.4 Å². The highest BCUT2D eigenvalue weighted by molar-refractivity contribution is 6.65. The van der Waals surface area contributed by atoms with Crippen molar-refractivity contribution in [3.05, 3.63) is 45.6 Å². The molecule has 0 saturated carbocycles. The van der Waals surface area contributed by atoms with Crippen LogP contribution in [0.25, 0.3) is 0 Å². The van der Waals surface area contributed by atoms with E-state index < -0.39 is 0 Å². The largest absolute Gasteiger partial charge is 0.327 e. The van der Waals surface area contributed by atoms with Crippen molar-refractivity contribution >= 4 is 40.0 Å². The first kappa shape index (κ1) is 12.9. The molecule has 0 fully saturated rings. The van der Waals surface area contributed by atoms with Crippen LogP contribution >= 0.6 is 34.8 Å². The molecule has 0 bridgehead atoms. The fourth-order valence-corrected chi connectivity index (χ4v) is 2.63. The van der Waals surface area contributed by atoms with E-state index in [9.17, 15) is 0 Å². The zero-order valence-corrected chi connectivity index (χ0v) is 11.2. The van der Waals surface area contributed by atoms with E-state index in [-0.39, 0.29) is 5.92 Å². The molecule has 90 valence electrons. The van der Waals surface area contributed by atoms with Crippen molar-refractivity contribution in [3.63, 3.8) is 0 Å². The summed E-state index contributed by atoms with van der Waals surface area (Å²) < 4.78 is 0. The second kappa shape index (κ2) is 5.40. The van der Waals surface area contributed by atoms with E-state index >= 15 is 0 Å². The summed E-state index contributed by atoms with van der Waals surface area (Å²) in [6, 6.07) is 5.46. The van der Waals surface area contributed by atoms with Gasteiger partial charge in [0.05, 0.1) is 0 Å². The molecular weight excluding hydrogens is 279 g/mol. The molecule has 1 unspecified atom stereocenters. The fourth-order valence-electron chi connectivity index (χ4n) is 1.88. The molecule has 5 heteroatoms. The van der Waals surface area contributed by atoms with Crippen LogP contribution < -0.4 is 5.73 Å². The zero-order chi connectivity index (χ0) is 12.4. The summed E-state index contributed by atoms with van der Waals surface area (Å²) in [7, 11) is 0. The van der Waals surface area contributed by atoms with Gasteiger partial charge in [0, 0.05) is 35.1 Å². The first-order valence-electron chi connectivity index (χ1n) is 5.18. The highest BCUT2D eigenvalue weighted by Gasteiger charge is 2.22. The summed E-state index contributed by atoms with van der Waals surface area (Å²) >= 11 is 18.0. The number of nitrogens with two attached hydrogens (primary N) is 1. The van der Waals surface area contributed by atoms with Crippen molar-refractivity contribution in [2.75, 3.05) is 6.54 Å². The number of rotatable bonds is 2. The van der Waals surface area contributed by atoms with E-state index in [0.29, 0.717) is 28.2 Å². The van der Waals surface area contributed by atoms with E-state index in [4.69, 9.17) is 40.5 Å². The fraction of sp³-hybridized carbons (Fsp3) is 0.250. The Hall–Kier alpha value is -0.540. The molecule has 0 saturated heterocycles. The molecule has 1 aliphatic heterocycles. The highest BCUT2D eigenvalue weighted by Crippen LogP contribution is 2.36. The summed E-state index contributed by atoms with van der Waals surface area (Å²) in [5.41, 5.74) is 7.72. The van der Waals surface area contributed by atoms with Gasteiger partial charge in [0.15, 0.2) is 0 Å². The Morgan fingerprint density at radius 1 is 1.29 bits per heavy atom. The van der Waals surface area contributed by atoms with Crippen molar-refractivity contribution in [2.24, 2.45) is 10.7 Å². The second-order valence-electron chi connectivity index (χ2n) is 3.84. The number of hydrogen-bond acceptors (Lipinski definition) is 2. The summed E-state index contributed by atoms with van der Waals surface area (Å²) in [6.45, 7) is 0.442. The predicted octanol–water partition coefficient (Wildman–Crippen LogP) is 3.96. The molecule has 1 atom stereocenters. The van der Waals surface area contributed by atoms with Gasteiger partial charge >= 0.3 is 0 Å². The number of halogens is 3. The molecule has 1 aromatic rings. The van der Waals surface area contributed by atoms with Crippen molar-refractivity contribution in [3.8, 4) is 0 Å². The van der Waals surface area contributed by atoms with Crippen molar-refractivity contribution < 1.29 is 0 Å². The molecule has 0 spiro atoms. The zero-order valence-electron chi connectivity index (χ0n) is 8.96. The summed E-state index contributed by atoms with van der Waals surface area (Å²) in [6.07, 6.45) is 2.35. The van der Waals surface area contributed by atoms with Gasteiger partial charge in [0.2, 0.25) is 0 Å². The third-order valence-electron chi connectivity index (χ3n) is 2.76. The Morgan fingerprint density at radius 2 is 2.06 bits per heavy atom. The van der Waals surface area contributed by atoms with Crippen LogP contribution in [0.1, 0.15) is 17.9 Å². The maximum atomic E-state index is 6.20. The Labute approximate surface area is 115 Å². The van der Waals surface area contributed by atoms with E-state index in [1.807, 2.05) is 12.1 Å². The van der Waals surface area contributed by atoms with Gasteiger partial charge in [0.25, 0.3) is 0 Å². The van der Waals surface area contributed by atoms with E-state index in [1.54, 1.807) is 12.3 Å². The molecule has 1 heterocycles. The van der Waals surface area contributed by atoms with E-state index in [0.717, 1.165) is 11.1 Å². The van der Waals surface area contributed by atoms with Gasteiger partial charge in [-0.15, -0.1) is 0 Å². The minimum Gasteiger partial charge on any atom is -0.327 e. The summed E-state index contributed by atoms with van der Waals surface area (Å²) in [5, 5.41) is 1.82. The molecule has 17 heavy (non-hydrogen) atoms. The van der Waals surface area contributed by atoms with Gasteiger partial charge in [-0.2, -0.15) is 0 Å². The lowest BCUT2D eigenvalue weighted by Crippen LogP contribution is -2.17. The SMILES string of the molecule is NCC1=CN=C(Cl)CC1c1ccc(Cl)cc1Cl. The van der Waals surface area contributed by atoms with Crippen LogP contribution in [0.5, 0.6) is 0 Å². The van der Waals surface area contributed by atoms with Crippen LogP contribution in [0.3, 0.4) is 0 Å². The molecule has 0 aliphatic carbocycles. The summed E-state index contributed by atoms with van der Waals surface area (Å²) in [4.78, 5) is 4.08. The molecule has 0 amide bonds. The van der Waals surface area contributed by atoms with Crippen molar-refractivity contribution in [1.82, 2.24) is 0 Å². The van der Waals surface area contributed by atoms with Gasteiger partial charge in [-0.05, 0) is 23.3 Å². The monoisotopic (exact) mass is 288 g/mol. The Balaban J connectivity index is 2.39. The van der Waals surface area contributed by atoms with Crippen LogP contribution in [-0.2, 0) is 0 Å².